The van der Waals surface area contributed by atoms with Crippen LogP contribution >= 0.6 is 31.9 Å². The van der Waals surface area contributed by atoms with Crippen molar-refractivity contribution in [3.05, 3.63) is 38.8 Å². The minimum absolute atomic E-state index is 0.307. The van der Waals surface area contributed by atoms with E-state index in [2.05, 4.69) is 43.3 Å². The first-order chi connectivity index (χ1) is 7.65. The molecule has 4 heteroatoms. The van der Waals surface area contributed by atoms with Crippen LogP contribution < -0.4 is 5.32 Å². The van der Waals surface area contributed by atoms with E-state index in [1.54, 1.807) is 0 Å². The minimum Gasteiger partial charge on any atom is -0.506 e. The summed E-state index contributed by atoms with van der Waals surface area (Å²) in [6, 6.07) is 3.75. The predicted molar refractivity (Wildman–Crippen MR) is 74.6 cm³/mol. The zero-order valence-corrected chi connectivity index (χ0v) is 12.3. The highest BCUT2D eigenvalue weighted by Crippen LogP contribution is 2.31. The largest absolute Gasteiger partial charge is 0.506 e. The van der Waals surface area contributed by atoms with E-state index in [1.165, 1.54) is 0 Å². The number of phenolic OH excluding ortho intramolecular Hbond substituents is 1. The van der Waals surface area contributed by atoms with Crippen LogP contribution in [0.5, 0.6) is 5.75 Å². The van der Waals surface area contributed by atoms with Crippen molar-refractivity contribution in [1.29, 1.82) is 0 Å². The lowest BCUT2D eigenvalue weighted by Crippen LogP contribution is -2.14. The SMILES string of the molecule is C/C=C/CCNCc1cc(Br)cc(Br)c1O. The van der Waals surface area contributed by atoms with Crippen LogP contribution in [0.1, 0.15) is 18.9 Å². The molecule has 0 spiro atoms. The summed E-state index contributed by atoms with van der Waals surface area (Å²) in [5.74, 6) is 0.307. The standard InChI is InChI=1S/C12H15Br2NO/c1-2-3-4-5-15-8-9-6-10(13)7-11(14)12(9)16/h2-3,6-7,15-16H,4-5,8H2,1H3/b3-2+. The summed E-state index contributed by atoms with van der Waals surface area (Å²) >= 11 is 6.71. The molecular formula is C12H15Br2NO. The molecule has 1 rings (SSSR count). The Kier molecular flexibility index (Phi) is 6.09. The number of hydrogen-bond donors (Lipinski definition) is 2. The van der Waals surface area contributed by atoms with E-state index in [9.17, 15) is 5.11 Å². The summed E-state index contributed by atoms with van der Waals surface area (Å²) in [6.45, 7) is 3.59. The summed E-state index contributed by atoms with van der Waals surface area (Å²) in [7, 11) is 0. The summed E-state index contributed by atoms with van der Waals surface area (Å²) in [5, 5.41) is 13.1. The van der Waals surface area contributed by atoms with Crippen LogP contribution in [0.15, 0.2) is 33.2 Å². The fourth-order valence-electron chi connectivity index (χ4n) is 1.33. The van der Waals surface area contributed by atoms with Crippen molar-refractivity contribution in [2.45, 2.75) is 19.9 Å². The van der Waals surface area contributed by atoms with Gasteiger partial charge in [0.15, 0.2) is 0 Å². The molecule has 88 valence electrons. The van der Waals surface area contributed by atoms with E-state index in [0.29, 0.717) is 16.8 Å². The maximum absolute atomic E-state index is 9.80. The van der Waals surface area contributed by atoms with Crippen molar-refractivity contribution < 1.29 is 5.11 Å². The highest BCUT2D eigenvalue weighted by molar-refractivity contribution is 9.11. The Balaban J connectivity index is 2.53. The average molecular weight is 349 g/mol. The monoisotopic (exact) mass is 347 g/mol. The number of nitrogens with one attached hydrogen (secondary N) is 1. The predicted octanol–water partition coefficient (Wildman–Crippen LogP) is 3.97. The summed E-state index contributed by atoms with van der Waals surface area (Å²) in [5.41, 5.74) is 0.890. The molecule has 0 bridgehead atoms. The minimum atomic E-state index is 0.307. The van der Waals surface area contributed by atoms with Gasteiger partial charge in [-0.2, -0.15) is 0 Å². The quantitative estimate of drug-likeness (QED) is 0.623. The van der Waals surface area contributed by atoms with Crippen molar-refractivity contribution >= 4 is 31.9 Å². The van der Waals surface area contributed by atoms with E-state index in [0.717, 1.165) is 23.0 Å². The molecule has 2 N–H and O–H groups in total. The van der Waals surface area contributed by atoms with Crippen molar-refractivity contribution in [3.63, 3.8) is 0 Å². The van der Waals surface area contributed by atoms with Crippen molar-refractivity contribution in [2.75, 3.05) is 6.54 Å². The molecule has 0 aliphatic heterocycles. The topological polar surface area (TPSA) is 32.3 Å². The molecule has 0 unspecified atom stereocenters. The van der Waals surface area contributed by atoms with Gasteiger partial charge in [-0.3, -0.25) is 0 Å². The summed E-state index contributed by atoms with van der Waals surface area (Å²) in [6.07, 6.45) is 5.16. The van der Waals surface area contributed by atoms with E-state index >= 15 is 0 Å². The first kappa shape index (κ1) is 13.7. The Morgan fingerprint density at radius 2 is 2.12 bits per heavy atom. The van der Waals surface area contributed by atoms with Crippen LogP contribution in [0.3, 0.4) is 0 Å². The second-order valence-corrected chi connectivity index (χ2v) is 5.20. The Labute approximate surface area is 113 Å². The van der Waals surface area contributed by atoms with Crippen LogP contribution in [0.4, 0.5) is 0 Å². The molecule has 0 aliphatic rings. The zero-order chi connectivity index (χ0) is 12.0. The van der Waals surface area contributed by atoms with Gasteiger partial charge in [0.2, 0.25) is 0 Å². The Bertz CT molecular complexity index is 378. The Hall–Kier alpha value is -0.320. The van der Waals surface area contributed by atoms with Crippen molar-refractivity contribution in [1.82, 2.24) is 5.32 Å². The lowest BCUT2D eigenvalue weighted by atomic mass is 10.2. The molecule has 0 radical (unpaired) electrons. The molecule has 16 heavy (non-hydrogen) atoms. The van der Waals surface area contributed by atoms with E-state index in [1.807, 2.05) is 25.1 Å². The van der Waals surface area contributed by atoms with Gasteiger partial charge in [0, 0.05) is 16.6 Å². The molecule has 0 atom stereocenters. The molecule has 0 saturated heterocycles. The second-order valence-electron chi connectivity index (χ2n) is 3.43. The molecule has 2 nitrogen and oxygen atoms in total. The van der Waals surface area contributed by atoms with Gasteiger partial charge in [0.25, 0.3) is 0 Å². The number of hydrogen-bond acceptors (Lipinski definition) is 2. The van der Waals surface area contributed by atoms with Crippen LogP contribution in [0.2, 0.25) is 0 Å². The average Bonchev–Trinajstić information content (AvgIpc) is 2.24. The van der Waals surface area contributed by atoms with Gasteiger partial charge in [-0.05, 0) is 48.0 Å². The number of halogens is 2. The maximum atomic E-state index is 9.80. The van der Waals surface area contributed by atoms with Gasteiger partial charge in [0.05, 0.1) is 4.47 Å². The van der Waals surface area contributed by atoms with E-state index in [4.69, 9.17) is 0 Å². The Morgan fingerprint density at radius 1 is 1.38 bits per heavy atom. The number of aromatic hydroxyl groups is 1. The fourth-order valence-corrected chi connectivity index (χ4v) is 2.64. The highest BCUT2D eigenvalue weighted by atomic mass is 79.9. The van der Waals surface area contributed by atoms with Gasteiger partial charge in [-0.15, -0.1) is 0 Å². The summed E-state index contributed by atoms with van der Waals surface area (Å²) < 4.78 is 1.68. The Morgan fingerprint density at radius 3 is 2.81 bits per heavy atom. The summed E-state index contributed by atoms with van der Waals surface area (Å²) in [4.78, 5) is 0. The van der Waals surface area contributed by atoms with Crippen LogP contribution in [-0.4, -0.2) is 11.7 Å². The van der Waals surface area contributed by atoms with Crippen molar-refractivity contribution in [3.8, 4) is 5.75 Å². The van der Waals surface area contributed by atoms with Crippen LogP contribution in [-0.2, 0) is 6.54 Å². The van der Waals surface area contributed by atoms with Gasteiger partial charge in [-0.25, -0.2) is 0 Å². The van der Waals surface area contributed by atoms with Gasteiger partial charge < -0.3 is 10.4 Å². The van der Waals surface area contributed by atoms with Gasteiger partial charge >= 0.3 is 0 Å². The number of phenols is 1. The second kappa shape index (κ2) is 7.09. The molecule has 0 aliphatic carbocycles. The molecule has 0 fully saturated rings. The third-order valence-corrected chi connectivity index (χ3v) is 3.21. The molecular weight excluding hydrogens is 334 g/mol. The fraction of sp³-hybridized carbons (Fsp3) is 0.333. The van der Waals surface area contributed by atoms with Crippen molar-refractivity contribution in [2.24, 2.45) is 0 Å². The van der Waals surface area contributed by atoms with E-state index in [-0.39, 0.29) is 0 Å². The molecule has 1 aromatic rings. The van der Waals surface area contributed by atoms with Gasteiger partial charge in [0.1, 0.15) is 5.75 Å². The normalized spacial score (nSPS) is 11.2. The van der Waals surface area contributed by atoms with Gasteiger partial charge in [-0.1, -0.05) is 28.1 Å². The molecule has 0 aromatic heterocycles. The third-order valence-electron chi connectivity index (χ3n) is 2.15. The molecule has 1 aromatic carbocycles. The lowest BCUT2D eigenvalue weighted by molar-refractivity contribution is 0.461. The van der Waals surface area contributed by atoms with E-state index < -0.39 is 0 Å². The maximum Gasteiger partial charge on any atom is 0.134 e. The molecule has 0 saturated carbocycles. The molecule has 0 heterocycles. The number of rotatable bonds is 5. The third kappa shape index (κ3) is 4.28. The van der Waals surface area contributed by atoms with Crippen LogP contribution in [0.25, 0.3) is 0 Å². The number of benzene rings is 1. The first-order valence-electron chi connectivity index (χ1n) is 5.14. The van der Waals surface area contributed by atoms with Crippen LogP contribution in [0, 0.1) is 0 Å². The first-order valence-corrected chi connectivity index (χ1v) is 6.72. The molecule has 0 amide bonds. The smallest absolute Gasteiger partial charge is 0.134 e. The highest BCUT2D eigenvalue weighted by Gasteiger charge is 2.06. The number of allylic oxidation sites excluding steroid dienone is 1. The lowest BCUT2D eigenvalue weighted by Gasteiger charge is -2.08. The zero-order valence-electron chi connectivity index (χ0n) is 9.13.